The minimum atomic E-state index is -3.54. The Morgan fingerprint density at radius 1 is 1.03 bits per heavy atom. The number of benzene rings is 2. The van der Waals surface area contributed by atoms with Crippen LogP contribution in [-0.2, 0) is 27.7 Å². The molecule has 6 nitrogen and oxygen atoms in total. The lowest BCUT2D eigenvalue weighted by molar-refractivity contribution is -0.121. The number of hydrogen-bond donors (Lipinski definition) is 1. The number of nitrogens with one attached hydrogen (secondary N) is 1. The second-order valence-electron chi connectivity index (χ2n) is 8.17. The van der Waals surface area contributed by atoms with Crippen LogP contribution in [0.25, 0.3) is 0 Å². The van der Waals surface area contributed by atoms with Crippen LogP contribution in [0.4, 0.5) is 0 Å². The van der Waals surface area contributed by atoms with Crippen molar-refractivity contribution in [1.82, 2.24) is 14.9 Å². The predicted molar refractivity (Wildman–Crippen MR) is 115 cm³/mol. The predicted octanol–water partition coefficient (Wildman–Crippen LogP) is 2.47. The summed E-state index contributed by atoms with van der Waals surface area (Å²) in [5, 5.41) is 7.81. The van der Waals surface area contributed by atoms with Crippen LogP contribution in [-0.4, -0.2) is 43.4 Å². The van der Waals surface area contributed by atoms with Crippen molar-refractivity contribution >= 4 is 15.9 Å². The minimum absolute atomic E-state index is 0.137. The van der Waals surface area contributed by atoms with Crippen LogP contribution in [0.2, 0.25) is 0 Å². The summed E-state index contributed by atoms with van der Waals surface area (Å²) in [5.74, 6) is -0.137. The summed E-state index contributed by atoms with van der Waals surface area (Å²) >= 11 is 0. The maximum absolute atomic E-state index is 13.0. The van der Waals surface area contributed by atoms with Crippen LogP contribution in [0, 0.1) is 0 Å². The van der Waals surface area contributed by atoms with Crippen molar-refractivity contribution in [1.29, 1.82) is 0 Å². The summed E-state index contributed by atoms with van der Waals surface area (Å²) < 4.78 is 27.6. The van der Waals surface area contributed by atoms with E-state index in [0.717, 1.165) is 24.0 Å². The molecule has 0 saturated carbocycles. The van der Waals surface area contributed by atoms with E-state index in [2.05, 4.69) is 17.6 Å². The number of carbonyl (C=O) groups excluding carboxylic acids is 1. The van der Waals surface area contributed by atoms with Crippen molar-refractivity contribution in [3.8, 4) is 0 Å². The van der Waals surface area contributed by atoms with Crippen LogP contribution < -0.4 is 10.6 Å². The number of rotatable bonds is 6. The van der Waals surface area contributed by atoms with Gasteiger partial charge in [0.1, 0.15) is 5.66 Å². The maximum atomic E-state index is 13.0. The van der Waals surface area contributed by atoms with Gasteiger partial charge in [-0.3, -0.25) is 10.1 Å². The second-order valence-corrected chi connectivity index (χ2v) is 10.1. The summed E-state index contributed by atoms with van der Waals surface area (Å²) in [4.78, 5) is 12.8. The van der Waals surface area contributed by atoms with E-state index in [1.165, 1.54) is 4.31 Å². The quantitative estimate of drug-likeness (QED) is 0.770. The molecule has 1 amide bonds. The molecular formula is C23H28N3O3S. The van der Waals surface area contributed by atoms with Crippen LogP contribution in [0.3, 0.4) is 0 Å². The Kier molecular flexibility index (Phi) is 5.95. The lowest BCUT2D eigenvalue weighted by Gasteiger charge is -2.37. The van der Waals surface area contributed by atoms with Crippen LogP contribution in [0.15, 0.2) is 59.5 Å². The van der Waals surface area contributed by atoms with Crippen LogP contribution >= 0.6 is 0 Å². The molecule has 2 heterocycles. The van der Waals surface area contributed by atoms with E-state index in [1.807, 2.05) is 42.5 Å². The molecule has 1 N–H and O–H groups in total. The van der Waals surface area contributed by atoms with Crippen molar-refractivity contribution in [2.75, 3.05) is 13.1 Å². The zero-order valence-electron chi connectivity index (χ0n) is 17.3. The zero-order valence-corrected chi connectivity index (χ0v) is 18.1. The third-order valence-corrected chi connectivity index (χ3v) is 7.91. The van der Waals surface area contributed by atoms with Crippen molar-refractivity contribution < 1.29 is 13.2 Å². The molecule has 1 spiro atoms. The zero-order chi connectivity index (χ0) is 21.2. The summed E-state index contributed by atoms with van der Waals surface area (Å²) in [6, 6.07) is 16.7. The molecule has 2 saturated heterocycles. The van der Waals surface area contributed by atoms with Gasteiger partial charge in [0.15, 0.2) is 0 Å². The Morgan fingerprint density at radius 3 is 2.33 bits per heavy atom. The highest BCUT2D eigenvalue weighted by atomic mass is 32.2. The summed E-state index contributed by atoms with van der Waals surface area (Å²) in [5.41, 5.74) is 1.58. The molecule has 1 unspecified atom stereocenters. The number of aryl methyl sites for hydroxylation is 1. The highest BCUT2D eigenvalue weighted by Crippen LogP contribution is 2.30. The molecular weight excluding hydrogens is 398 g/mol. The van der Waals surface area contributed by atoms with Crippen LogP contribution in [0.1, 0.15) is 37.3 Å². The largest absolute Gasteiger partial charge is 0.281 e. The van der Waals surface area contributed by atoms with Gasteiger partial charge in [0.2, 0.25) is 10.0 Å². The average Bonchev–Trinajstić information content (AvgIpc) is 3.04. The molecule has 159 valence electrons. The first-order chi connectivity index (χ1) is 14.4. The highest BCUT2D eigenvalue weighted by molar-refractivity contribution is 7.89. The van der Waals surface area contributed by atoms with Gasteiger partial charge in [-0.05, 0) is 48.9 Å². The molecule has 1 radical (unpaired) electrons. The van der Waals surface area contributed by atoms with Gasteiger partial charge in [0.25, 0.3) is 5.91 Å². The molecule has 0 aromatic heterocycles. The molecule has 7 heteroatoms. The van der Waals surface area contributed by atoms with Crippen molar-refractivity contribution in [3.05, 3.63) is 65.7 Å². The Bertz CT molecular complexity index is 982. The SMILES string of the molecule is CCCc1ccc(S(=O)(=O)N2CCC3(CC2)[N]C(=O)C(Cc2ccccc2)N3)cc1. The Balaban J connectivity index is 1.40. The first-order valence-electron chi connectivity index (χ1n) is 10.6. The lowest BCUT2D eigenvalue weighted by atomic mass is 9.99. The summed E-state index contributed by atoms with van der Waals surface area (Å²) in [6.45, 7) is 2.80. The lowest BCUT2D eigenvalue weighted by Crippen LogP contribution is -2.56. The number of sulfonamides is 1. The number of amides is 1. The number of piperidine rings is 1. The molecule has 2 aromatic rings. The molecule has 4 rings (SSSR count). The fraction of sp³-hybridized carbons (Fsp3) is 0.435. The fourth-order valence-electron chi connectivity index (χ4n) is 4.31. The van der Waals surface area contributed by atoms with E-state index in [-0.39, 0.29) is 11.9 Å². The molecule has 2 aliphatic rings. The van der Waals surface area contributed by atoms with Gasteiger partial charge in [-0.15, -0.1) is 0 Å². The monoisotopic (exact) mass is 426 g/mol. The Morgan fingerprint density at radius 2 is 1.70 bits per heavy atom. The Hall–Kier alpha value is -2.22. The first-order valence-corrected chi connectivity index (χ1v) is 12.0. The molecule has 1 atom stereocenters. The number of hydrogen-bond acceptors (Lipinski definition) is 4. The first kappa shape index (κ1) is 21.0. The standard InChI is InChI=1S/C23H28N3O3S/c1-2-6-18-9-11-20(12-10-18)30(28,29)26-15-13-23(14-16-26)24-21(22(27)25-23)17-19-7-4-3-5-8-19/h3-5,7-12,21,24H,2,6,13-17H2,1H3. The van der Waals surface area contributed by atoms with E-state index < -0.39 is 15.7 Å². The molecule has 2 aromatic carbocycles. The van der Waals surface area contributed by atoms with Gasteiger partial charge in [0.05, 0.1) is 10.9 Å². The third-order valence-electron chi connectivity index (χ3n) is 6.00. The highest BCUT2D eigenvalue weighted by Gasteiger charge is 2.48. The van der Waals surface area contributed by atoms with Crippen LogP contribution in [0.5, 0.6) is 0 Å². The molecule has 0 aliphatic carbocycles. The maximum Gasteiger partial charge on any atom is 0.260 e. The van der Waals surface area contributed by atoms with E-state index >= 15 is 0 Å². The normalized spacial score (nSPS) is 21.6. The van der Waals surface area contributed by atoms with Crippen molar-refractivity contribution in [2.24, 2.45) is 0 Å². The van der Waals surface area contributed by atoms with E-state index in [9.17, 15) is 13.2 Å². The molecule has 0 bridgehead atoms. The number of carbonyl (C=O) groups is 1. The van der Waals surface area contributed by atoms with Gasteiger partial charge < -0.3 is 0 Å². The average molecular weight is 427 g/mol. The van der Waals surface area contributed by atoms with E-state index in [4.69, 9.17) is 0 Å². The molecule has 2 aliphatic heterocycles. The van der Waals surface area contributed by atoms with Crippen molar-refractivity contribution in [2.45, 2.75) is 55.6 Å². The van der Waals surface area contributed by atoms with E-state index in [1.54, 1.807) is 12.1 Å². The van der Waals surface area contributed by atoms with Gasteiger partial charge in [-0.2, -0.15) is 4.31 Å². The molecule has 30 heavy (non-hydrogen) atoms. The fourth-order valence-corrected chi connectivity index (χ4v) is 5.76. The third kappa shape index (κ3) is 4.29. The number of nitrogens with zero attached hydrogens (tertiary/aromatic N) is 2. The van der Waals surface area contributed by atoms with Gasteiger partial charge in [-0.25, -0.2) is 13.7 Å². The van der Waals surface area contributed by atoms with Gasteiger partial charge >= 0.3 is 0 Å². The second kappa shape index (κ2) is 8.49. The van der Waals surface area contributed by atoms with Crippen molar-refractivity contribution in [3.63, 3.8) is 0 Å². The summed E-state index contributed by atoms with van der Waals surface area (Å²) in [6.07, 6.45) is 3.56. The van der Waals surface area contributed by atoms with Gasteiger partial charge in [-0.1, -0.05) is 55.8 Å². The minimum Gasteiger partial charge on any atom is -0.281 e. The van der Waals surface area contributed by atoms with Gasteiger partial charge in [0, 0.05) is 13.1 Å². The topological polar surface area (TPSA) is 80.6 Å². The Labute approximate surface area is 178 Å². The molecule has 2 fully saturated rings. The van der Waals surface area contributed by atoms with E-state index in [0.29, 0.717) is 37.2 Å². The smallest absolute Gasteiger partial charge is 0.260 e. The summed E-state index contributed by atoms with van der Waals surface area (Å²) in [7, 11) is -3.54.